The van der Waals surface area contributed by atoms with Crippen molar-refractivity contribution in [2.75, 3.05) is 11.9 Å². The Balaban J connectivity index is 1.70. The van der Waals surface area contributed by atoms with Crippen LogP contribution in [-0.2, 0) is 0 Å². The average Bonchev–Trinajstić information content (AvgIpc) is 2.46. The predicted octanol–water partition coefficient (Wildman–Crippen LogP) is 4.99. The van der Waals surface area contributed by atoms with Crippen molar-refractivity contribution in [3.8, 4) is 0 Å². The van der Waals surface area contributed by atoms with Gasteiger partial charge in [0.15, 0.2) is 0 Å². The van der Waals surface area contributed by atoms with E-state index >= 15 is 0 Å². The zero-order valence-electron chi connectivity index (χ0n) is 11.0. The van der Waals surface area contributed by atoms with Crippen LogP contribution in [0, 0.1) is 5.92 Å². The van der Waals surface area contributed by atoms with Crippen LogP contribution in [0.2, 0.25) is 0 Å². The molecule has 1 fully saturated rings. The largest absolute Gasteiger partial charge is 0.370 e. The van der Waals surface area contributed by atoms with Gasteiger partial charge in [0.25, 0.3) is 0 Å². The standard InChI is InChI=1S/C16H19BrN2/c17-14-8-6-13-7-9-16(19-15(13)10-14)18-11-12-4-2-1-3-5-12/h6-10,12H,1-5,11H2,(H,18,19). The van der Waals surface area contributed by atoms with Gasteiger partial charge in [-0.15, -0.1) is 0 Å². The van der Waals surface area contributed by atoms with Gasteiger partial charge in [-0.05, 0) is 43.0 Å². The summed E-state index contributed by atoms with van der Waals surface area (Å²) in [7, 11) is 0. The normalized spacial score (nSPS) is 16.7. The third-order valence-electron chi connectivity index (χ3n) is 3.95. The SMILES string of the molecule is Brc1ccc2ccc(NCC3CCCCC3)nc2c1. The Morgan fingerprint density at radius 2 is 1.89 bits per heavy atom. The zero-order chi connectivity index (χ0) is 13.1. The molecular weight excluding hydrogens is 300 g/mol. The van der Waals surface area contributed by atoms with Crippen molar-refractivity contribution in [2.45, 2.75) is 32.1 Å². The second-order valence-electron chi connectivity index (χ2n) is 5.42. The van der Waals surface area contributed by atoms with E-state index in [0.717, 1.165) is 28.3 Å². The van der Waals surface area contributed by atoms with Gasteiger partial charge >= 0.3 is 0 Å². The molecule has 0 unspecified atom stereocenters. The summed E-state index contributed by atoms with van der Waals surface area (Å²) >= 11 is 3.50. The number of hydrogen-bond donors (Lipinski definition) is 1. The maximum Gasteiger partial charge on any atom is 0.126 e. The first-order valence-corrected chi connectivity index (χ1v) is 7.91. The third kappa shape index (κ3) is 3.27. The lowest BCUT2D eigenvalue weighted by molar-refractivity contribution is 0.373. The molecule has 19 heavy (non-hydrogen) atoms. The molecule has 0 saturated heterocycles. The lowest BCUT2D eigenvalue weighted by Crippen LogP contribution is -2.17. The molecule has 0 radical (unpaired) electrons. The average molecular weight is 319 g/mol. The number of halogens is 1. The molecule has 0 atom stereocenters. The number of fused-ring (bicyclic) bond motifs is 1. The van der Waals surface area contributed by atoms with E-state index in [1.165, 1.54) is 37.5 Å². The summed E-state index contributed by atoms with van der Waals surface area (Å²) in [5, 5.41) is 4.69. The fourth-order valence-electron chi connectivity index (χ4n) is 2.83. The Morgan fingerprint density at radius 3 is 2.74 bits per heavy atom. The van der Waals surface area contributed by atoms with Gasteiger partial charge in [-0.3, -0.25) is 0 Å². The minimum atomic E-state index is 0.828. The van der Waals surface area contributed by atoms with Crippen LogP contribution < -0.4 is 5.32 Å². The highest BCUT2D eigenvalue weighted by Crippen LogP contribution is 2.24. The maximum absolute atomic E-state index is 4.68. The summed E-state index contributed by atoms with van der Waals surface area (Å²) in [6.07, 6.45) is 6.94. The summed E-state index contributed by atoms with van der Waals surface area (Å²) in [5.74, 6) is 1.82. The van der Waals surface area contributed by atoms with Gasteiger partial charge in [-0.25, -0.2) is 4.98 Å². The summed E-state index contributed by atoms with van der Waals surface area (Å²) in [5.41, 5.74) is 1.04. The van der Waals surface area contributed by atoms with Crippen molar-refractivity contribution in [1.29, 1.82) is 0 Å². The second kappa shape index (κ2) is 5.91. The van der Waals surface area contributed by atoms with E-state index < -0.39 is 0 Å². The molecule has 0 amide bonds. The van der Waals surface area contributed by atoms with Gasteiger partial charge in [-0.1, -0.05) is 41.3 Å². The summed E-state index contributed by atoms with van der Waals surface area (Å²) in [4.78, 5) is 4.68. The van der Waals surface area contributed by atoms with Crippen molar-refractivity contribution in [2.24, 2.45) is 5.92 Å². The second-order valence-corrected chi connectivity index (χ2v) is 6.33. The highest BCUT2D eigenvalue weighted by atomic mass is 79.9. The number of pyridine rings is 1. The molecule has 1 heterocycles. The molecule has 0 bridgehead atoms. The Hall–Kier alpha value is -1.09. The van der Waals surface area contributed by atoms with Crippen molar-refractivity contribution in [3.63, 3.8) is 0 Å². The van der Waals surface area contributed by atoms with Crippen LogP contribution in [0.3, 0.4) is 0 Å². The van der Waals surface area contributed by atoms with Crippen LogP contribution in [-0.4, -0.2) is 11.5 Å². The number of anilines is 1. The fraction of sp³-hybridized carbons (Fsp3) is 0.438. The van der Waals surface area contributed by atoms with Gasteiger partial charge in [0.1, 0.15) is 5.82 Å². The summed E-state index contributed by atoms with van der Waals surface area (Å²) < 4.78 is 1.08. The van der Waals surface area contributed by atoms with Gasteiger partial charge in [0.05, 0.1) is 5.52 Å². The van der Waals surface area contributed by atoms with Crippen molar-refractivity contribution in [3.05, 3.63) is 34.8 Å². The lowest BCUT2D eigenvalue weighted by atomic mass is 9.89. The number of hydrogen-bond acceptors (Lipinski definition) is 2. The molecule has 0 aliphatic heterocycles. The van der Waals surface area contributed by atoms with E-state index in [-0.39, 0.29) is 0 Å². The Kier molecular flexibility index (Phi) is 4.02. The fourth-order valence-corrected chi connectivity index (χ4v) is 3.18. The monoisotopic (exact) mass is 318 g/mol. The molecule has 1 aliphatic rings. The third-order valence-corrected chi connectivity index (χ3v) is 4.44. The van der Waals surface area contributed by atoms with Crippen LogP contribution in [0.5, 0.6) is 0 Å². The molecule has 1 aromatic carbocycles. The molecule has 1 saturated carbocycles. The van der Waals surface area contributed by atoms with Crippen LogP contribution in [0.15, 0.2) is 34.8 Å². The first kappa shape index (κ1) is 12.9. The van der Waals surface area contributed by atoms with Crippen LogP contribution >= 0.6 is 15.9 Å². The van der Waals surface area contributed by atoms with E-state index in [0.29, 0.717) is 0 Å². The number of aromatic nitrogens is 1. The lowest BCUT2D eigenvalue weighted by Gasteiger charge is -2.22. The Bertz CT molecular complexity index is 562. The van der Waals surface area contributed by atoms with E-state index in [1.54, 1.807) is 0 Å². The minimum absolute atomic E-state index is 0.828. The zero-order valence-corrected chi connectivity index (χ0v) is 12.6. The first-order chi connectivity index (χ1) is 9.31. The Labute approximate surface area is 122 Å². The van der Waals surface area contributed by atoms with E-state index in [2.05, 4.69) is 56.6 Å². The van der Waals surface area contributed by atoms with Crippen LogP contribution in [0.4, 0.5) is 5.82 Å². The van der Waals surface area contributed by atoms with Crippen molar-refractivity contribution in [1.82, 2.24) is 4.98 Å². The molecule has 100 valence electrons. The highest BCUT2D eigenvalue weighted by Gasteiger charge is 2.13. The summed E-state index contributed by atoms with van der Waals surface area (Å²) in [6, 6.07) is 10.4. The molecule has 0 spiro atoms. The number of rotatable bonds is 3. The van der Waals surface area contributed by atoms with Gasteiger partial charge in [0.2, 0.25) is 0 Å². The number of nitrogens with zero attached hydrogens (tertiary/aromatic N) is 1. The van der Waals surface area contributed by atoms with Gasteiger partial charge in [0, 0.05) is 16.4 Å². The molecule has 1 aliphatic carbocycles. The topological polar surface area (TPSA) is 24.9 Å². The number of nitrogens with one attached hydrogen (secondary N) is 1. The first-order valence-electron chi connectivity index (χ1n) is 7.11. The predicted molar refractivity (Wildman–Crippen MR) is 84.5 cm³/mol. The minimum Gasteiger partial charge on any atom is -0.370 e. The molecule has 3 rings (SSSR count). The molecule has 2 nitrogen and oxygen atoms in total. The smallest absolute Gasteiger partial charge is 0.126 e. The highest BCUT2D eigenvalue weighted by molar-refractivity contribution is 9.10. The van der Waals surface area contributed by atoms with E-state index in [1.807, 2.05) is 0 Å². The molecular formula is C16H19BrN2. The number of benzene rings is 1. The van der Waals surface area contributed by atoms with Crippen LogP contribution in [0.25, 0.3) is 10.9 Å². The molecule has 1 aromatic heterocycles. The van der Waals surface area contributed by atoms with Gasteiger partial charge < -0.3 is 5.32 Å². The van der Waals surface area contributed by atoms with Crippen LogP contribution in [0.1, 0.15) is 32.1 Å². The molecule has 2 aromatic rings. The maximum atomic E-state index is 4.68. The molecule has 1 N–H and O–H groups in total. The quantitative estimate of drug-likeness (QED) is 0.862. The summed E-state index contributed by atoms with van der Waals surface area (Å²) in [6.45, 7) is 1.06. The van der Waals surface area contributed by atoms with E-state index in [9.17, 15) is 0 Å². The van der Waals surface area contributed by atoms with Crippen molar-refractivity contribution >= 4 is 32.7 Å². The van der Waals surface area contributed by atoms with Gasteiger partial charge in [-0.2, -0.15) is 0 Å². The molecule has 3 heteroatoms. The Morgan fingerprint density at radius 1 is 1.11 bits per heavy atom. The van der Waals surface area contributed by atoms with E-state index in [4.69, 9.17) is 0 Å². The van der Waals surface area contributed by atoms with Crippen molar-refractivity contribution < 1.29 is 0 Å².